The fourth-order valence-electron chi connectivity index (χ4n) is 2.54. The molecule has 2 amide bonds. The number of nitrogens with zero attached hydrogens (tertiary/aromatic N) is 3. The van der Waals surface area contributed by atoms with Crippen molar-refractivity contribution in [3.05, 3.63) is 35.4 Å². The first kappa shape index (κ1) is 18.0. The highest BCUT2D eigenvalue weighted by Crippen LogP contribution is 2.13. The number of hydrogen-bond acceptors (Lipinski definition) is 4. The summed E-state index contributed by atoms with van der Waals surface area (Å²) < 4.78 is 0. The van der Waals surface area contributed by atoms with E-state index in [4.69, 9.17) is 5.26 Å². The van der Waals surface area contributed by atoms with Crippen molar-refractivity contribution < 1.29 is 14.7 Å². The third-order valence-electron chi connectivity index (χ3n) is 4.28. The van der Waals surface area contributed by atoms with Crippen LogP contribution < -0.4 is 0 Å². The monoisotopic (exact) mass is 329 g/mol. The molecular weight excluding hydrogens is 306 g/mol. The van der Waals surface area contributed by atoms with Crippen molar-refractivity contribution in [2.45, 2.75) is 32.9 Å². The second-order valence-corrected chi connectivity index (χ2v) is 6.45. The first-order valence-corrected chi connectivity index (χ1v) is 8.13. The van der Waals surface area contributed by atoms with E-state index in [0.717, 1.165) is 5.56 Å². The van der Waals surface area contributed by atoms with E-state index in [9.17, 15) is 14.7 Å². The standard InChI is InChI=1S/C18H23N3O3/c1-13(2)16(22)9-17(23)21-8-7-20(18(24)12-21)11-15-5-3-14(10-19)4-6-15/h3-6,13,16,22H,7-9,11-12H2,1-2H3. The first-order valence-electron chi connectivity index (χ1n) is 8.13. The molecule has 1 heterocycles. The van der Waals surface area contributed by atoms with Crippen LogP contribution in [0.4, 0.5) is 0 Å². The average Bonchev–Trinajstić information content (AvgIpc) is 2.57. The number of piperazine rings is 1. The lowest BCUT2D eigenvalue weighted by atomic mass is 10.0. The Labute approximate surface area is 142 Å². The van der Waals surface area contributed by atoms with Gasteiger partial charge in [-0.15, -0.1) is 0 Å². The van der Waals surface area contributed by atoms with E-state index in [2.05, 4.69) is 6.07 Å². The van der Waals surface area contributed by atoms with Crippen molar-refractivity contribution in [1.82, 2.24) is 9.80 Å². The van der Waals surface area contributed by atoms with E-state index in [0.29, 0.717) is 25.2 Å². The quantitative estimate of drug-likeness (QED) is 0.878. The molecule has 128 valence electrons. The number of hydrogen-bond donors (Lipinski definition) is 1. The molecule has 0 spiro atoms. The number of benzene rings is 1. The lowest BCUT2D eigenvalue weighted by Gasteiger charge is -2.35. The van der Waals surface area contributed by atoms with Gasteiger partial charge in [0.1, 0.15) is 0 Å². The molecule has 0 aliphatic carbocycles. The fourth-order valence-corrected chi connectivity index (χ4v) is 2.54. The molecular formula is C18H23N3O3. The van der Waals surface area contributed by atoms with E-state index in [1.54, 1.807) is 17.0 Å². The van der Waals surface area contributed by atoms with Crippen LogP contribution in [0.2, 0.25) is 0 Å². The van der Waals surface area contributed by atoms with Gasteiger partial charge in [0, 0.05) is 19.6 Å². The summed E-state index contributed by atoms with van der Waals surface area (Å²) >= 11 is 0. The maximum atomic E-state index is 12.3. The molecule has 6 nitrogen and oxygen atoms in total. The number of carbonyl (C=O) groups excluding carboxylic acids is 2. The SMILES string of the molecule is CC(C)C(O)CC(=O)N1CCN(Cc2ccc(C#N)cc2)C(=O)C1. The zero-order chi connectivity index (χ0) is 17.7. The molecule has 1 aromatic carbocycles. The van der Waals surface area contributed by atoms with E-state index in [-0.39, 0.29) is 30.7 Å². The number of amides is 2. The van der Waals surface area contributed by atoms with Crippen molar-refractivity contribution in [2.75, 3.05) is 19.6 Å². The Balaban J connectivity index is 1.89. The molecule has 2 rings (SSSR count). The van der Waals surface area contributed by atoms with Gasteiger partial charge in [-0.3, -0.25) is 9.59 Å². The molecule has 1 atom stereocenters. The molecule has 1 saturated heterocycles. The summed E-state index contributed by atoms with van der Waals surface area (Å²) in [5.41, 5.74) is 1.54. The molecule has 6 heteroatoms. The van der Waals surface area contributed by atoms with Crippen molar-refractivity contribution >= 4 is 11.8 Å². The maximum Gasteiger partial charge on any atom is 0.242 e. The summed E-state index contributed by atoms with van der Waals surface area (Å²) in [5, 5.41) is 18.6. The van der Waals surface area contributed by atoms with Crippen molar-refractivity contribution in [3.63, 3.8) is 0 Å². The summed E-state index contributed by atoms with van der Waals surface area (Å²) in [6, 6.07) is 9.19. The second-order valence-electron chi connectivity index (χ2n) is 6.45. The predicted octanol–water partition coefficient (Wildman–Crippen LogP) is 1.14. The Bertz CT molecular complexity index is 634. The van der Waals surface area contributed by atoms with Gasteiger partial charge in [-0.2, -0.15) is 5.26 Å². The molecule has 1 aliphatic rings. The summed E-state index contributed by atoms with van der Waals surface area (Å²) in [6.45, 7) is 5.20. The van der Waals surface area contributed by atoms with Crippen LogP contribution in [0.1, 0.15) is 31.4 Å². The summed E-state index contributed by atoms with van der Waals surface area (Å²) in [7, 11) is 0. The molecule has 0 bridgehead atoms. The fraction of sp³-hybridized carbons (Fsp3) is 0.500. The number of rotatable bonds is 5. The lowest BCUT2D eigenvalue weighted by molar-refractivity contribution is -0.147. The summed E-state index contributed by atoms with van der Waals surface area (Å²) in [4.78, 5) is 27.7. The minimum Gasteiger partial charge on any atom is -0.392 e. The highest BCUT2D eigenvalue weighted by atomic mass is 16.3. The van der Waals surface area contributed by atoms with Gasteiger partial charge in [-0.25, -0.2) is 0 Å². The minimum atomic E-state index is -0.677. The van der Waals surface area contributed by atoms with Gasteiger partial charge in [-0.05, 0) is 23.6 Å². The van der Waals surface area contributed by atoms with E-state index in [1.807, 2.05) is 26.0 Å². The van der Waals surface area contributed by atoms with Gasteiger partial charge in [-0.1, -0.05) is 26.0 Å². The summed E-state index contributed by atoms with van der Waals surface area (Å²) in [5.74, 6) is -0.261. The normalized spacial score (nSPS) is 16.2. The Morgan fingerprint density at radius 2 is 1.96 bits per heavy atom. The van der Waals surface area contributed by atoms with Gasteiger partial charge >= 0.3 is 0 Å². The van der Waals surface area contributed by atoms with Crippen LogP contribution in [-0.4, -0.2) is 52.5 Å². The average molecular weight is 329 g/mol. The van der Waals surface area contributed by atoms with Gasteiger partial charge < -0.3 is 14.9 Å². The zero-order valence-corrected chi connectivity index (χ0v) is 14.1. The van der Waals surface area contributed by atoms with Gasteiger partial charge in [0.2, 0.25) is 11.8 Å². The number of aliphatic hydroxyl groups excluding tert-OH is 1. The third-order valence-corrected chi connectivity index (χ3v) is 4.28. The molecule has 0 saturated carbocycles. The van der Waals surface area contributed by atoms with Gasteiger partial charge in [0.05, 0.1) is 30.7 Å². The number of carbonyl (C=O) groups is 2. The Kier molecular flexibility index (Phi) is 5.93. The molecule has 1 aliphatic heterocycles. The third kappa shape index (κ3) is 4.56. The van der Waals surface area contributed by atoms with Crippen molar-refractivity contribution in [2.24, 2.45) is 5.92 Å². The van der Waals surface area contributed by atoms with Gasteiger partial charge in [0.25, 0.3) is 0 Å². The first-order chi connectivity index (χ1) is 11.4. The van der Waals surface area contributed by atoms with E-state index in [1.165, 1.54) is 4.90 Å². The Morgan fingerprint density at radius 3 is 2.50 bits per heavy atom. The molecule has 0 radical (unpaired) electrons. The van der Waals surface area contributed by atoms with Crippen molar-refractivity contribution in [1.29, 1.82) is 5.26 Å². The van der Waals surface area contributed by atoms with Crippen LogP contribution in [0, 0.1) is 17.2 Å². The second kappa shape index (κ2) is 7.93. The number of nitriles is 1. The highest BCUT2D eigenvalue weighted by Gasteiger charge is 2.28. The van der Waals surface area contributed by atoms with E-state index >= 15 is 0 Å². The summed E-state index contributed by atoms with van der Waals surface area (Å²) in [6.07, 6.45) is -0.620. The molecule has 1 N–H and O–H groups in total. The topological polar surface area (TPSA) is 84.6 Å². The van der Waals surface area contributed by atoms with E-state index < -0.39 is 6.10 Å². The molecule has 1 fully saturated rings. The van der Waals surface area contributed by atoms with Crippen LogP contribution >= 0.6 is 0 Å². The van der Waals surface area contributed by atoms with Crippen LogP contribution in [-0.2, 0) is 16.1 Å². The van der Waals surface area contributed by atoms with Crippen LogP contribution in [0.3, 0.4) is 0 Å². The smallest absolute Gasteiger partial charge is 0.242 e. The van der Waals surface area contributed by atoms with Crippen LogP contribution in [0.15, 0.2) is 24.3 Å². The lowest BCUT2D eigenvalue weighted by Crippen LogP contribution is -2.52. The molecule has 24 heavy (non-hydrogen) atoms. The molecule has 0 aromatic heterocycles. The highest BCUT2D eigenvalue weighted by molar-refractivity contribution is 5.86. The van der Waals surface area contributed by atoms with Crippen LogP contribution in [0.25, 0.3) is 0 Å². The predicted molar refractivity (Wildman–Crippen MR) is 88.6 cm³/mol. The maximum absolute atomic E-state index is 12.3. The number of aliphatic hydroxyl groups is 1. The molecule has 1 unspecified atom stereocenters. The van der Waals surface area contributed by atoms with Crippen LogP contribution in [0.5, 0.6) is 0 Å². The largest absolute Gasteiger partial charge is 0.392 e. The zero-order valence-electron chi connectivity index (χ0n) is 14.1. The Morgan fingerprint density at radius 1 is 1.29 bits per heavy atom. The van der Waals surface area contributed by atoms with Crippen molar-refractivity contribution in [3.8, 4) is 6.07 Å². The molecule has 1 aromatic rings. The minimum absolute atomic E-state index is 0.0160. The Hall–Kier alpha value is -2.39. The van der Waals surface area contributed by atoms with Gasteiger partial charge in [0.15, 0.2) is 0 Å².